The highest BCUT2D eigenvalue weighted by Crippen LogP contribution is 2.18. The van der Waals surface area contributed by atoms with Gasteiger partial charge >= 0.3 is 0 Å². The summed E-state index contributed by atoms with van der Waals surface area (Å²) in [5, 5.41) is 6.35. The van der Waals surface area contributed by atoms with E-state index in [1.807, 2.05) is 0 Å². The van der Waals surface area contributed by atoms with Gasteiger partial charge in [-0.1, -0.05) is 0 Å². The van der Waals surface area contributed by atoms with Crippen molar-refractivity contribution in [3.63, 3.8) is 0 Å². The van der Waals surface area contributed by atoms with Gasteiger partial charge in [0.1, 0.15) is 0 Å². The number of hydrogen-bond donors (Lipinski definition) is 2. The zero-order valence-electron chi connectivity index (χ0n) is 10.00. The van der Waals surface area contributed by atoms with E-state index in [1.54, 1.807) is 0 Å². The summed E-state index contributed by atoms with van der Waals surface area (Å²) in [6.07, 6.45) is 5.37. The third-order valence-corrected chi connectivity index (χ3v) is 3.24. The maximum atomic E-state index is 11.4. The molecular weight excluding hydrogens is 204 g/mol. The number of ether oxygens (including phenoxy) is 1. The van der Waals surface area contributed by atoms with E-state index in [0.717, 1.165) is 25.8 Å². The summed E-state index contributed by atoms with van der Waals surface area (Å²) in [4.78, 5) is 11.4. The zero-order valence-corrected chi connectivity index (χ0v) is 10.00. The Morgan fingerprint density at radius 2 is 2.19 bits per heavy atom. The van der Waals surface area contributed by atoms with Crippen molar-refractivity contribution in [3.8, 4) is 0 Å². The van der Waals surface area contributed by atoms with Crippen LogP contribution in [0.25, 0.3) is 0 Å². The average molecular weight is 226 g/mol. The van der Waals surface area contributed by atoms with Gasteiger partial charge in [0, 0.05) is 25.0 Å². The normalized spacial score (nSPS) is 30.1. The molecule has 0 radical (unpaired) electrons. The fraction of sp³-hybridized carbons (Fsp3) is 0.917. The number of carbonyl (C=O) groups excluding carboxylic acids is 1. The van der Waals surface area contributed by atoms with Crippen molar-refractivity contribution in [2.24, 2.45) is 0 Å². The molecule has 4 nitrogen and oxygen atoms in total. The number of nitrogens with one attached hydrogen (secondary N) is 2. The molecule has 1 aliphatic heterocycles. The quantitative estimate of drug-likeness (QED) is 0.729. The van der Waals surface area contributed by atoms with E-state index in [9.17, 15) is 4.79 Å². The minimum absolute atomic E-state index is 0.139. The van der Waals surface area contributed by atoms with E-state index in [2.05, 4.69) is 17.6 Å². The van der Waals surface area contributed by atoms with Gasteiger partial charge in [-0.15, -0.1) is 0 Å². The standard InChI is InChI=1S/C12H22N2O2/c1-9-2-5-11(8-13-9)16-7-6-12(15)14-10-3-4-10/h9-11,13H,2-8H2,1H3,(H,14,15). The molecule has 0 spiro atoms. The molecular formula is C12H22N2O2. The van der Waals surface area contributed by atoms with Gasteiger partial charge in [0.2, 0.25) is 5.91 Å². The molecule has 1 heterocycles. The summed E-state index contributed by atoms with van der Waals surface area (Å²) in [7, 11) is 0. The van der Waals surface area contributed by atoms with Crippen LogP contribution in [-0.4, -0.2) is 37.2 Å². The lowest BCUT2D eigenvalue weighted by atomic mass is 10.0. The first-order valence-electron chi connectivity index (χ1n) is 6.38. The summed E-state index contributed by atoms with van der Waals surface area (Å²) >= 11 is 0. The monoisotopic (exact) mass is 226 g/mol. The molecule has 2 unspecified atom stereocenters. The molecule has 2 N–H and O–H groups in total. The fourth-order valence-electron chi connectivity index (χ4n) is 1.96. The lowest BCUT2D eigenvalue weighted by molar-refractivity contribution is -0.122. The predicted octanol–water partition coefficient (Wildman–Crippen LogP) is 0.812. The lowest BCUT2D eigenvalue weighted by Crippen LogP contribution is -2.41. The third-order valence-electron chi connectivity index (χ3n) is 3.24. The van der Waals surface area contributed by atoms with Crippen LogP contribution in [0.2, 0.25) is 0 Å². The van der Waals surface area contributed by atoms with Gasteiger partial charge in [-0.25, -0.2) is 0 Å². The van der Waals surface area contributed by atoms with E-state index in [0.29, 0.717) is 31.2 Å². The molecule has 0 aromatic rings. The van der Waals surface area contributed by atoms with Crippen molar-refractivity contribution in [2.45, 2.75) is 57.2 Å². The second-order valence-electron chi connectivity index (χ2n) is 4.97. The molecule has 2 atom stereocenters. The molecule has 0 bridgehead atoms. The Kier molecular flexibility index (Phi) is 4.18. The highest BCUT2D eigenvalue weighted by atomic mass is 16.5. The Labute approximate surface area is 97.1 Å². The molecule has 2 fully saturated rings. The fourth-order valence-corrected chi connectivity index (χ4v) is 1.96. The molecule has 1 amide bonds. The van der Waals surface area contributed by atoms with Crippen LogP contribution in [0.15, 0.2) is 0 Å². The van der Waals surface area contributed by atoms with Crippen LogP contribution < -0.4 is 10.6 Å². The Bertz CT molecular complexity index is 233. The van der Waals surface area contributed by atoms with Gasteiger partial charge in [0.15, 0.2) is 0 Å². The molecule has 1 saturated heterocycles. The minimum atomic E-state index is 0.139. The maximum Gasteiger partial charge on any atom is 0.222 e. The predicted molar refractivity (Wildman–Crippen MR) is 62.2 cm³/mol. The van der Waals surface area contributed by atoms with Gasteiger partial charge in [-0.3, -0.25) is 4.79 Å². The second-order valence-corrected chi connectivity index (χ2v) is 4.97. The molecule has 0 aromatic heterocycles. The van der Waals surface area contributed by atoms with E-state index >= 15 is 0 Å². The summed E-state index contributed by atoms with van der Waals surface area (Å²) in [5.74, 6) is 0.139. The molecule has 2 aliphatic rings. The van der Waals surface area contributed by atoms with Crippen molar-refractivity contribution in [2.75, 3.05) is 13.2 Å². The topological polar surface area (TPSA) is 50.4 Å². The van der Waals surface area contributed by atoms with Crippen LogP contribution in [0, 0.1) is 0 Å². The van der Waals surface area contributed by atoms with Crippen LogP contribution in [0.1, 0.15) is 39.0 Å². The average Bonchev–Trinajstić information content (AvgIpc) is 3.05. The summed E-state index contributed by atoms with van der Waals surface area (Å²) in [6, 6.07) is 1.07. The van der Waals surface area contributed by atoms with E-state index < -0.39 is 0 Å². The molecule has 1 saturated carbocycles. The van der Waals surface area contributed by atoms with Crippen molar-refractivity contribution in [3.05, 3.63) is 0 Å². The first kappa shape index (κ1) is 11.9. The third kappa shape index (κ3) is 4.10. The summed E-state index contributed by atoms with van der Waals surface area (Å²) < 4.78 is 5.68. The second kappa shape index (κ2) is 5.64. The minimum Gasteiger partial charge on any atom is -0.376 e. The molecule has 0 aromatic carbocycles. The van der Waals surface area contributed by atoms with E-state index in [-0.39, 0.29) is 5.91 Å². The highest BCUT2D eigenvalue weighted by Gasteiger charge is 2.23. The zero-order chi connectivity index (χ0) is 11.4. The first-order valence-corrected chi connectivity index (χ1v) is 6.38. The number of piperidine rings is 1. The lowest BCUT2D eigenvalue weighted by Gasteiger charge is -2.27. The van der Waals surface area contributed by atoms with Crippen LogP contribution >= 0.6 is 0 Å². The van der Waals surface area contributed by atoms with Crippen LogP contribution in [0.4, 0.5) is 0 Å². The van der Waals surface area contributed by atoms with Crippen LogP contribution in [0.3, 0.4) is 0 Å². The van der Waals surface area contributed by atoms with Gasteiger partial charge < -0.3 is 15.4 Å². The van der Waals surface area contributed by atoms with Gasteiger partial charge in [-0.05, 0) is 32.6 Å². The van der Waals surface area contributed by atoms with E-state index in [4.69, 9.17) is 4.74 Å². The van der Waals surface area contributed by atoms with Gasteiger partial charge in [0.25, 0.3) is 0 Å². The largest absolute Gasteiger partial charge is 0.376 e. The highest BCUT2D eigenvalue weighted by molar-refractivity contribution is 5.76. The molecule has 2 rings (SSSR count). The summed E-state index contributed by atoms with van der Waals surface area (Å²) in [6.45, 7) is 3.67. The SMILES string of the molecule is CC1CCC(OCCC(=O)NC2CC2)CN1. The van der Waals surface area contributed by atoms with Crippen molar-refractivity contribution in [1.82, 2.24) is 10.6 Å². The van der Waals surface area contributed by atoms with Crippen molar-refractivity contribution in [1.29, 1.82) is 0 Å². The number of hydrogen-bond acceptors (Lipinski definition) is 3. The Morgan fingerprint density at radius 3 is 2.81 bits per heavy atom. The Morgan fingerprint density at radius 1 is 1.38 bits per heavy atom. The van der Waals surface area contributed by atoms with Crippen LogP contribution in [0.5, 0.6) is 0 Å². The Balaban J connectivity index is 1.51. The molecule has 4 heteroatoms. The van der Waals surface area contributed by atoms with Gasteiger partial charge in [0.05, 0.1) is 12.7 Å². The smallest absolute Gasteiger partial charge is 0.222 e. The molecule has 92 valence electrons. The number of carbonyl (C=O) groups is 1. The summed E-state index contributed by atoms with van der Waals surface area (Å²) in [5.41, 5.74) is 0. The first-order chi connectivity index (χ1) is 7.74. The molecule has 16 heavy (non-hydrogen) atoms. The number of amides is 1. The van der Waals surface area contributed by atoms with Crippen LogP contribution in [-0.2, 0) is 9.53 Å². The Hall–Kier alpha value is -0.610. The van der Waals surface area contributed by atoms with Crippen molar-refractivity contribution >= 4 is 5.91 Å². The maximum absolute atomic E-state index is 11.4. The van der Waals surface area contributed by atoms with Gasteiger partial charge in [-0.2, -0.15) is 0 Å². The molecule has 1 aliphatic carbocycles. The number of rotatable bonds is 5. The van der Waals surface area contributed by atoms with E-state index in [1.165, 1.54) is 6.42 Å². The van der Waals surface area contributed by atoms with Crippen molar-refractivity contribution < 1.29 is 9.53 Å².